The smallest absolute Gasteiger partial charge is 0.326 e. The third-order valence-electron chi connectivity index (χ3n) is 3.68. The Morgan fingerprint density at radius 3 is 2.56 bits per heavy atom. The fourth-order valence-corrected chi connectivity index (χ4v) is 2.46. The normalized spacial score (nSPS) is 14.6. The standard InChI is InChI=1S/C18H28N2O5/c1-4-25-13-7-5-6-12(9-13)10-14(19)16(21)17(22)20-15(18(23)24)8-11(2)3/h5-7,9,11,14-16,21H,4,8,10,19H2,1-3H3,(H,20,22)(H,23,24)/t14?,15-,16?/m0/s1. The fraction of sp³-hybridized carbons (Fsp3) is 0.556. The van der Waals surface area contributed by atoms with Gasteiger partial charge in [-0.3, -0.25) is 4.79 Å². The Hall–Kier alpha value is -2.12. The van der Waals surface area contributed by atoms with Crippen LogP contribution in [0.5, 0.6) is 5.75 Å². The molecule has 0 fully saturated rings. The molecule has 0 spiro atoms. The molecule has 7 nitrogen and oxygen atoms in total. The third-order valence-corrected chi connectivity index (χ3v) is 3.68. The first kappa shape index (κ1) is 20.9. The molecule has 0 aliphatic carbocycles. The average molecular weight is 352 g/mol. The number of benzene rings is 1. The number of hydrogen-bond donors (Lipinski definition) is 4. The van der Waals surface area contributed by atoms with E-state index in [0.717, 1.165) is 5.56 Å². The van der Waals surface area contributed by atoms with Gasteiger partial charge in [0.05, 0.1) is 6.61 Å². The van der Waals surface area contributed by atoms with Gasteiger partial charge in [-0.2, -0.15) is 0 Å². The second-order valence-electron chi connectivity index (χ2n) is 6.42. The van der Waals surface area contributed by atoms with Crippen LogP contribution in [0.15, 0.2) is 24.3 Å². The SMILES string of the molecule is CCOc1cccc(CC(N)C(O)C(=O)N[C@@H](CC(C)C)C(=O)O)c1. The molecule has 0 bridgehead atoms. The van der Waals surface area contributed by atoms with Gasteiger partial charge in [-0.15, -0.1) is 0 Å². The molecule has 25 heavy (non-hydrogen) atoms. The number of rotatable bonds is 10. The van der Waals surface area contributed by atoms with Crippen LogP contribution in [-0.4, -0.2) is 46.9 Å². The highest BCUT2D eigenvalue weighted by molar-refractivity contribution is 5.86. The highest BCUT2D eigenvalue weighted by Crippen LogP contribution is 2.15. The summed E-state index contributed by atoms with van der Waals surface area (Å²) in [6.45, 7) is 6.13. The monoisotopic (exact) mass is 352 g/mol. The second kappa shape index (κ2) is 10.0. The van der Waals surface area contributed by atoms with Crippen LogP contribution in [0.3, 0.4) is 0 Å². The molecule has 1 amide bonds. The maximum atomic E-state index is 12.1. The molecule has 7 heteroatoms. The first-order valence-electron chi connectivity index (χ1n) is 8.43. The number of carbonyl (C=O) groups is 2. The van der Waals surface area contributed by atoms with Crippen LogP contribution >= 0.6 is 0 Å². The first-order valence-corrected chi connectivity index (χ1v) is 8.43. The summed E-state index contributed by atoms with van der Waals surface area (Å²) in [5, 5.41) is 21.6. The molecule has 0 aliphatic rings. The molecule has 1 rings (SSSR count). The van der Waals surface area contributed by atoms with E-state index < -0.39 is 30.1 Å². The third kappa shape index (κ3) is 7.11. The lowest BCUT2D eigenvalue weighted by molar-refractivity contribution is -0.144. The van der Waals surface area contributed by atoms with Gasteiger partial charge in [0.25, 0.3) is 5.91 Å². The molecule has 0 aliphatic heterocycles. The van der Waals surface area contributed by atoms with E-state index in [1.165, 1.54) is 0 Å². The Kier molecular flexibility index (Phi) is 8.37. The van der Waals surface area contributed by atoms with Crippen molar-refractivity contribution in [2.24, 2.45) is 11.7 Å². The molecule has 140 valence electrons. The Morgan fingerprint density at radius 1 is 1.32 bits per heavy atom. The topological polar surface area (TPSA) is 122 Å². The molecular weight excluding hydrogens is 324 g/mol. The highest BCUT2D eigenvalue weighted by atomic mass is 16.5. The summed E-state index contributed by atoms with van der Waals surface area (Å²) < 4.78 is 5.40. The number of carbonyl (C=O) groups excluding carboxylic acids is 1. The minimum Gasteiger partial charge on any atom is -0.494 e. The van der Waals surface area contributed by atoms with Crippen molar-refractivity contribution in [1.82, 2.24) is 5.32 Å². The van der Waals surface area contributed by atoms with E-state index >= 15 is 0 Å². The number of carboxylic acids is 1. The maximum absolute atomic E-state index is 12.1. The minimum absolute atomic E-state index is 0.0912. The van der Waals surface area contributed by atoms with Gasteiger partial charge in [0, 0.05) is 6.04 Å². The molecule has 2 unspecified atom stereocenters. The second-order valence-corrected chi connectivity index (χ2v) is 6.42. The van der Waals surface area contributed by atoms with Crippen molar-refractivity contribution in [2.75, 3.05) is 6.61 Å². The van der Waals surface area contributed by atoms with Gasteiger partial charge < -0.3 is 26.0 Å². The van der Waals surface area contributed by atoms with E-state index in [-0.39, 0.29) is 18.8 Å². The number of amides is 1. The number of aliphatic carboxylic acids is 1. The lowest BCUT2D eigenvalue weighted by Gasteiger charge is -2.22. The lowest BCUT2D eigenvalue weighted by Crippen LogP contribution is -2.52. The largest absolute Gasteiger partial charge is 0.494 e. The molecule has 5 N–H and O–H groups in total. The predicted molar refractivity (Wildman–Crippen MR) is 94.3 cm³/mol. The molecule has 0 aromatic heterocycles. The molecular formula is C18H28N2O5. The van der Waals surface area contributed by atoms with Gasteiger partial charge in [0.15, 0.2) is 0 Å². The maximum Gasteiger partial charge on any atom is 0.326 e. The van der Waals surface area contributed by atoms with Crippen LogP contribution in [-0.2, 0) is 16.0 Å². The van der Waals surface area contributed by atoms with E-state index in [9.17, 15) is 14.7 Å². The van der Waals surface area contributed by atoms with Crippen molar-refractivity contribution in [2.45, 2.75) is 51.8 Å². The number of nitrogens with one attached hydrogen (secondary N) is 1. The van der Waals surface area contributed by atoms with Crippen LogP contribution in [0.2, 0.25) is 0 Å². The van der Waals surface area contributed by atoms with Crippen LogP contribution in [0, 0.1) is 5.92 Å². The summed E-state index contributed by atoms with van der Waals surface area (Å²) in [6, 6.07) is 5.34. The number of ether oxygens (including phenoxy) is 1. The Morgan fingerprint density at radius 2 is 2.00 bits per heavy atom. The van der Waals surface area contributed by atoms with Gasteiger partial charge in [-0.05, 0) is 43.4 Å². The van der Waals surface area contributed by atoms with Gasteiger partial charge in [-0.1, -0.05) is 26.0 Å². The van der Waals surface area contributed by atoms with Gasteiger partial charge in [0.1, 0.15) is 17.9 Å². The number of carboxylic acid groups (broad SMARTS) is 1. The average Bonchev–Trinajstić information content (AvgIpc) is 2.53. The molecule has 3 atom stereocenters. The van der Waals surface area contributed by atoms with Gasteiger partial charge in [-0.25, -0.2) is 4.79 Å². The van der Waals surface area contributed by atoms with Crippen molar-refractivity contribution >= 4 is 11.9 Å². The van der Waals surface area contributed by atoms with Crippen LogP contribution in [0.1, 0.15) is 32.8 Å². The summed E-state index contributed by atoms with van der Waals surface area (Å²) in [7, 11) is 0. The van der Waals surface area contributed by atoms with Crippen molar-refractivity contribution in [3.63, 3.8) is 0 Å². The predicted octanol–water partition coefficient (Wildman–Crippen LogP) is 0.932. The molecule has 0 saturated heterocycles. The van der Waals surface area contributed by atoms with Crippen molar-refractivity contribution < 1.29 is 24.5 Å². The summed E-state index contributed by atoms with van der Waals surface area (Å²) in [5.41, 5.74) is 6.75. The fourth-order valence-electron chi connectivity index (χ4n) is 2.46. The lowest BCUT2D eigenvalue weighted by atomic mass is 10.00. The quantitative estimate of drug-likeness (QED) is 0.497. The summed E-state index contributed by atoms with van der Waals surface area (Å²) in [6.07, 6.45) is -0.957. The van der Waals surface area contributed by atoms with E-state index in [1.54, 1.807) is 6.07 Å². The van der Waals surface area contributed by atoms with E-state index in [4.69, 9.17) is 15.6 Å². The zero-order valence-electron chi connectivity index (χ0n) is 14.9. The number of nitrogens with two attached hydrogens (primary N) is 1. The molecule has 0 saturated carbocycles. The van der Waals surface area contributed by atoms with E-state index in [2.05, 4.69) is 5.32 Å². The summed E-state index contributed by atoms with van der Waals surface area (Å²) >= 11 is 0. The zero-order valence-corrected chi connectivity index (χ0v) is 14.9. The van der Waals surface area contributed by atoms with Gasteiger partial charge in [0.2, 0.25) is 0 Å². The van der Waals surface area contributed by atoms with Crippen molar-refractivity contribution in [1.29, 1.82) is 0 Å². The highest BCUT2D eigenvalue weighted by Gasteiger charge is 2.28. The number of hydrogen-bond acceptors (Lipinski definition) is 5. The number of aliphatic hydroxyl groups is 1. The van der Waals surface area contributed by atoms with Crippen LogP contribution in [0.4, 0.5) is 0 Å². The molecule has 0 radical (unpaired) electrons. The van der Waals surface area contributed by atoms with Crippen molar-refractivity contribution in [3.8, 4) is 5.75 Å². The van der Waals surface area contributed by atoms with E-state index in [1.807, 2.05) is 39.0 Å². The zero-order chi connectivity index (χ0) is 19.0. The van der Waals surface area contributed by atoms with Crippen LogP contribution < -0.4 is 15.8 Å². The van der Waals surface area contributed by atoms with Gasteiger partial charge >= 0.3 is 5.97 Å². The Balaban J connectivity index is 2.67. The van der Waals surface area contributed by atoms with Crippen molar-refractivity contribution in [3.05, 3.63) is 29.8 Å². The van der Waals surface area contributed by atoms with E-state index in [0.29, 0.717) is 12.4 Å². The Bertz CT molecular complexity index is 576. The molecule has 1 aromatic rings. The number of aliphatic hydroxyl groups excluding tert-OH is 1. The molecule has 1 aromatic carbocycles. The first-order chi connectivity index (χ1) is 11.7. The minimum atomic E-state index is -1.50. The summed E-state index contributed by atoms with van der Waals surface area (Å²) in [4.78, 5) is 23.3. The molecule has 0 heterocycles. The Labute approximate surface area is 148 Å². The van der Waals surface area contributed by atoms with Crippen LogP contribution in [0.25, 0.3) is 0 Å². The summed E-state index contributed by atoms with van der Waals surface area (Å²) in [5.74, 6) is -1.13.